The molecule has 1 N–H and O–H groups in total. The van der Waals surface area contributed by atoms with E-state index in [1.165, 1.54) is 4.31 Å². The Kier molecular flexibility index (Phi) is 4.00. The van der Waals surface area contributed by atoms with Gasteiger partial charge in [-0.2, -0.15) is 4.31 Å². The van der Waals surface area contributed by atoms with Gasteiger partial charge in [0.15, 0.2) is 5.76 Å². The fourth-order valence-electron chi connectivity index (χ4n) is 3.48. The number of H-pyrrole nitrogens is 1. The maximum absolute atomic E-state index is 12.9. The monoisotopic (exact) mass is 375 g/mol. The molecule has 1 aliphatic rings. The van der Waals surface area contributed by atoms with Gasteiger partial charge in [0.05, 0.1) is 11.0 Å². The first-order valence-electron chi connectivity index (χ1n) is 8.50. The first-order chi connectivity index (χ1) is 12.4. The number of piperazine rings is 1. The normalized spacial score (nSPS) is 16.5. The van der Waals surface area contributed by atoms with Crippen molar-refractivity contribution in [1.29, 1.82) is 0 Å². The zero-order valence-electron chi connectivity index (χ0n) is 15.0. The van der Waals surface area contributed by atoms with Crippen LogP contribution in [0.5, 0.6) is 0 Å². The third-order valence-electron chi connectivity index (χ3n) is 4.75. The van der Waals surface area contributed by atoms with Crippen molar-refractivity contribution in [2.75, 3.05) is 31.1 Å². The van der Waals surface area contributed by atoms with Crippen LogP contribution in [0.4, 0.5) is 5.69 Å². The minimum absolute atomic E-state index is 0.195. The van der Waals surface area contributed by atoms with Crippen LogP contribution < -0.4 is 4.90 Å². The Bertz CT molecular complexity index is 1040. The molecule has 1 fully saturated rings. The van der Waals surface area contributed by atoms with Gasteiger partial charge in [-0.3, -0.25) is 0 Å². The van der Waals surface area contributed by atoms with E-state index in [-0.39, 0.29) is 4.90 Å². The second kappa shape index (κ2) is 6.10. The fourth-order valence-corrected chi connectivity index (χ4v) is 5.19. The number of sulfonamides is 1. The van der Waals surface area contributed by atoms with Gasteiger partial charge in [-0.1, -0.05) is 5.16 Å². The standard InChI is InChI=1S/C17H21N5O3S/c1-11-17(12(2)25-20-11)26(23,24)22-8-6-21(7-9-22)14-4-5-15-16(10-14)19-13(3)18-15/h4-5,10H,6-9H2,1-3H3,(H,18,19). The molecule has 2 aromatic heterocycles. The van der Waals surface area contributed by atoms with E-state index >= 15 is 0 Å². The van der Waals surface area contributed by atoms with Crippen molar-refractivity contribution in [3.8, 4) is 0 Å². The lowest BCUT2D eigenvalue weighted by Crippen LogP contribution is -2.48. The van der Waals surface area contributed by atoms with Gasteiger partial charge < -0.3 is 14.4 Å². The van der Waals surface area contributed by atoms with Crippen LogP contribution in [0.3, 0.4) is 0 Å². The molecule has 3 aromatic rings. The summed E-state index contributed by atoms with van der Waals surface area (Å²) in [6, 6.07) is 6.08. The number of hydrogen-bond donors (Lipinski definition) is 1. The summed E-state index contributed by atoms with van der Waals surface area (Å²) in [4.78, 5) is 10.0. The molecule has 1 saturated heterocycles. The second-order valence-corrected chi connectivity index (χ2v) is 8.44. The number of rotatable bonds is 3. The minimum Gasteiger partial charge on any atom is -0.369 e. The molecule has 0 aliphatic carbocycles. The van der Waals surface area contributed by atoms with E-state index in [9.17, 15) is 8.42 Å². The van der Waals surface area contributed by atoms with Gasteiger partial charge in [0.1, 0.15) is 16.4 Å². The highest BCUT2D eigenvalue weighted by molar-refractivity contribution is 7.89. The van der Waals surface area contributed by atoms with Gasteiger partial charge in [0.2, 0.25) is 10.0 Å². The average Bonchev–Trinajstić information content (AvgIpc) is 3.15. The van der Waals surface area contributed by atoms with E-state index in [1.54, 1.807) is 13.8 Å². The molecule has 0 saturated carbocycles. The first-order valence-corrected chi connectivity index (χ1v) is 9.94. The molecular weight excluding hydrogens is 354 g/mol. The molecule has 3 heterocycles. The lowest BCUT2D eigenvalue weighted by Gasteiger charge is -2.35. The predicted octanol–water partition coefficient (Wildman–Crippen LogP) is 1.99. The molecule has 26 heavy (non-hydrogen) atoms. The van der Waals surface area contributed by atoms with Crippen LogP contribution in [-0.2, 0) is 10.0 Å². The highest BCUT2D eigenvalue weighted by Crippen LogP contribution is 2.26. The van der Waals surface area contributed by atoms with Gasteiger partial charge in [-0.15, -0.1) is 0 Å². The van der Waals surface area contributed by atoms with Crippen molar-refractivity contribution in [2.45, 2.75) is 25.7 Å². The van der Waals surface area contributed by atoms with Crippen molar-refractivity contribution in [3.63, 3.8) is 0 Å². The molecule has 9 heteroatoms. The van der Waals surface area contributed by atoms with Crippen LogP contribution in [0, 0.1) is 20.8 Å². The number of fused-ring (bicyclic) bond motifs is 1. The first kappa shape index (κ1) is 17.0. The summed E-state index contributed by atoms with van der Waals surface area (Å²) in [5.74, 6) is 1.22. The van der Waals surface area contributed by atoms with Gasteiger partial charge in [0.25, 0.3) is 0 Å². The Labute approximate surface area is 151 Å². The molecule has 0 atom stereocenters. The molecule has 8 nitrogen and oxygen atoms in total. The maximum atomic E-state index is 12.9. The number of aromatic nitrogens is 3. The third kappa shape index (κ3) is 2.77. The van der Waals surface area contributed by atoms with Crippen molar-refractivity contribution >= 4 is 26.7 Å². The van der Waals surface area contributed by atoms with Crippen molar-refractivity contribution < 1.29 is 12.9 Å². The SMILES string of the molecule is Cc1nc2ccc(N3CCN(S(=O)(=O)c4c(C)noc4C)CC3)cc2[nH]1. The number of nitrogens with zero attached hydrogens (tertiary/aromatic N) is 4. The number of aromatic amines is 1. The van der Waals surface area contributed by atoms with Crippen molar-refractivity contribution in [2.24, 2.45) is 0 Å². The number of anilines is 1. The summed E-state index contributed by atoms with van der Waals surface area (Å²) < 4.78 is 32.3. The largest absolute Gasteiger partial charge is 0.369 e. The third-order valence-corrected chi connectivity index (χ3v) is 6.90. The molecule has 1 aromatic carbocycles. The van der Waals surface area contributed by atoms with Gasteiger partial charge >= 0.3 is 0 Å². The van der Waals surface area contributed by atoms with Crippen LogP contribution in [0.2, 0.25) is 0 Å². The van der Waals surface area contributed by atoms with Crippen LogP contribution in [-0.4, -0.2) is 54.0 Å². The van der Waals surface area contributed by atoms with Crippen LogP contribution in [0.15, 0.2) is 27.6 Å². The molecule has 0 radical (unpaired) electrons. The quantitative estimate of drug-likeness (QED) is 0.752. The Balaban J connectivity index is 1.53. The highest BCUT2D eigenvalue weighted by Gasteiger charge is 2.33. The van der Waals surface area contributed by atoms with E-state index in [0.717, 1.165) is 22.5 Å². The Morgan fingerprint density at radius 1 is 1.12 bits per heavy atom. The fraction of sp³-hybridized carbons (Fsp3) is 0.412. The van der Waals surface area contributed by atoms with Crippen LogP contribution in [0.1, 0.15) is 17.3 Å². The lowest BCUT2D eigenvalue weighted by atomic mass is 10.2. The molecule has 1 aliphatic heterocycles. The van der Waals surface area contributed by atoms with Gasteiger partial charge in [-0.25, -0.2) is 13.4 Å². The summed E-state index contributed by atoms with van der Waals surface area (Å²) in [6.45, 7) is 7.31. The molecular formula is C17H21N5O3S. The minimum atomic E-state index is -3.58. The van der Waals surface area contributed by atoms with Gasteiger partial charge in [0, 0.05) is 31.9 Å². The summed E-state index contributed by atoms with van der Waals surface area (Å²) in [7, 11) is -3.58. The molecule has 0 amide bonds. The van der Waals surface area contributed by atoms with E-state index in [2.05, 4.69) is 26.1 Å². The van der Waals surface area contributed by atoms with Crippen LogP contribution in [0.25, 0.3) is 11.0 Å². The van der Waals surface area contributed by atoms with E-state index in [4.69, 9.17) is 4.52 Å². The zero-order valence-corrected chi connectivity index (χ0v) is 15.8. The van der Waals surface area contributed by atoms with E-state index in [0.29, 0.717) is 37.6 Å². The number of aryl methyl sites for hydroxylation is 3. The van der Waals surface area contributed by atoms with Crippen molar-refractivity contribution in [3.05, 3.63) is 35.5 Å². The van der Waals surface area contributed by atoms with Crippen LogP contribution >= 0.6 is 0 Å². The van der Waals surface area contributed by atoms with Crippen molar-refractivity contribution in [1.82, 2.24) is 19.4 Å². The number of benzene rings is 1. The molecule has 0 bridgehead atoms. The number of hydrogen-bond acceptors (Lipinski definition) is 6. The molecule has 0 spiro atoms. The Morgan fingerprint density at radius 2 is 1.85 bits per heavy atom. The Morgan fingerprint density at radius 3 is 2.50 bits per heavy atom. The summed E-state index contributed by atoms with van der Waals surface area (Å²) in [5, 5.41) is 3.77. The molecule has 138 valence electrons. The second-order valence-electron chi connectivity index (χ2n) is 6.57. The summed E-state index contributed by atoms with van der Waals surface area (Å²) >= 11 is 0. The number of imidazole rings is 1. The summed E-state index contributed by atoms with van der Waals surface area (Å²) in [6.07, 6.45) is 0. The topological polar surface area (TPSA) is 95.3 Å². The zero-order chi connectivity index (χ0) is 18.5. The molecule has 0 unspecified atom stereocenters. The summed E-state index contributed by atoms with van der Waals surface area (Å²) in [5.41, 5.74) is 3.40. The predicted molar refractivity (Wildman–Crippen MR) is 97.8 cm³/mol. The van der Waals surface area contributed by atoms with Gasteiger partial charge in [-0.05, 0) is 39.0 Å². The highest BCUT2D eigenvalue weighted by atomic mass is 32.2. The average molecular weight is 375 g/mol. The Hall–Kier alpha value is -2.39. The smallest absolute Gasteiger partial charge is 0.248 e. The molecule has 4 rings (SSSR count). The van der Waals surface area contributed by atoms with E-state index in [1.807, 2.05) is 19.1 Å². The maximum Gasteiger partial charge on any atom is 0.248 e. The lowest BCUT2D eigenvalue weighted by molar-refractivity contribution is 0.378. The number of nitrogens with one attached hydrogen (secondary N) is 1. The van der Waals surface area contributed by atoms with E-state index < -0.39 is 10.0 Å².